The van der Waals surface area contributed by atoms with Gasteiger partial charge in [-0.3, -0.25) is 10.2 Å². The van der Waals surface area contributed by atoms with Crippen molar-refractivity contribution in [3.8, 4) is 0 Å². The van der Waals surface area contributed by atoms with Crippen molar-refractivity contribution >= 4 is 53.3 Å². The number of anilines is 1. The Morgan fingerprint density at radius 3 is 2.09 bits per heavy atom. The number of rotatable bonds is 21. The summed E-state index contributed by atoms with van der Waals surface area (Å²) < 4.78 is 120. The van der Waals surface area contributed by atoms with Crippen molar-refractivity contribution in [2.24, 2.45) is 5.84 Å². The lowest BCUT2D eigenvalue weighted by atomic mass is 9.76. The average molecular weight is 851 g/mol. The fourth-order valence-corrected chi connectivity index (χ4v) is 9.13. The highest BCUT2D eigenvalue weighted by Crippen LogP contribution is 2.51. The second kappa shape index (κ2) is 18.9. The molecule has 314 valence electrons. The predicted molar refractivity (Wildman–Crippen MR) is 210 cm³/mol. The number of nitrogens with two attached hydrogens (primary N) is 1. The molecule has 2 unspecified atom stereocenters. The van der Waals surface area contributed by atoms with Gasteiger partial charge in [0.25, 0.3) is 0 Å². The van der Waals surface area contributed by atoms with E-state index in [0.29, 0.717) is 67.9 Å². The van der Waals surface area contributed by atoms with E-state index in [-0.39, 0.29) is 36.7 Å². The molecule has 57 heavy (non-hydrogen) atoms. The average Bonchev–Trinajstić information content (AvgIpc) is 3.51. The number of benzene rings is 2. The zero-order valence-electron chi connectivity index (χ0n) is 32.4. The first-order chi connectivity index (χ1) is 26.7. The van der Waals surface area contributed by atoms with Crippen LogP contribution in [-0.2, 0) is 55.5 Å². The molecular weight excluding hydrogens is 801 g/mol. The van der Waals surface area contributed by atoms with Gasteiger partial charge in [0.05, 0.1) is 25.3 Å². The van der Waals surface area contributed by atoms with Gasteiger partial charge in [0.1, 0.15) is 26.8 Å². The minimum absolute atomic E-state index is 0.0282. The van der Waals surface area contributed by atoms with E-state index >= 15 is 0 Å². The lowest BCUT2D eigenvalue weighted by molar-refractivity contribution is -0.441. The number of ether oxygens (including phenoxy) is 2. The number of carbonyl (C=O) groups is 1. The van der Waals surface area contributed by atoms with Crippen LogP contribution in [0, 0.1) is 0 Å². The minimum Gasteiger partial charge on any atom is -0.748 e. The van der Waals surface area contributed by atoms with E-state index in [2.05, 4.69) is 10.3 Å². The van der Waals surface area contributed by atoms with Crippen LogP contribution >= 0.6 is 0 Å². The molecule has 2 aromatic rings. The Bertz CT molecular complexity index is 2270. The lowest BCUT2D eigenvalue weighted by Crippen LogP contribution is -2.32. The Morgan fingerprint density at radius 1 is 0.825 bits per heavy atom. The van der Waals surface area contributed by atoms with Gasteiger partial charge in [-0.1, -0.05) is 24.6 Å². The summed E-state index contributed by atoms with van der Waals surface area (Å²) in [4.78, 5) is 12.9. The van der Waals surface area contributed by atoms with E-state index in [0.717, 1.165) is 11.4 Å². The van der Waals surface area contributed by atoms with Crippen LogP contribution in [0.25, 0.3) is 0 Å². The van der Waals surface area contributed by atoms with Crippen molar-refractivity contribution in [2.75, 3.05) is 51.2 Å². The van der Waals surface area contributed by atoms with Crippen LogP contribution in [-0.4, -0.2) is 101 Å². The number of methoxy groups -OCH3 is 2. The van der Waals surface area contributed by atoms with Crippen molar-refractivity contribution in [3.05, 3.63) is 83.6 Å². The number of unbranched alkanes of at least 4 members (excludes halogenated alkanes) is 2. The molecule has 2 aromatic carbocycles. The second-order valence-corrected chi connectivity index (χ2v) is 18.7. The highest BCUT2D eigenvalue weighted by atomic mass is 32.2. The topological polar surface area (TPSA) is 251 Å². The van der Waals surface area contributed by atoms with Crippen LogP contribution in [0.3, 0.4) is 0 Å². The molecule has 0 aromatic heterocycles. The molecule has 0 bridgehead atoms. The van der Waals surface area contributed by atoms with Gasteiger partial charge in [-0.2, -0.15) is 4.58 Å². The molecule has 19 heteroatoms. The fourth-order valence-electron chi connectivity index (χ4n) is 7.64. The Kier molecular flexibility index (Phi) is 15.2. The van der Waals surface area contributed by atoms with Crippen LogP contribution in [0.5, 0.6) is 0 Å². The SMILES string of the molecule is COCC[N+]1=C(/C=C/C=C/C=C2/N(CCCCCC(=O)NN)c3ccc(S(=O)(=O)[O-])cc3C2(C)CCOC)C(C)(CCCS(=O)(=O)[O-])c2cc(S(=O)(=O)[O-])ccc21. The first-order valence-electron chi connectivity index (χ1n) is 18.3. The van der Waals surface area contributed by atoms with Crippen molar-refractivity contribution in [3.63, 3.8) is 0 Å². The number of hydrazine groups is 1. The lowest BCUT2D eigenvalue weighted by Gasteiger charge is -2.30. The van der Waals surface area contributed by atoms with Crippen LogP contribution in [0.15, 0.2) is 82.3 Å². The van der Waals surface area contributed by atoms with Gasteiger partial charge in [0.15, 0.2) is 12.3 Å². The van der Waals surface area contributed by atoms with Crippen LogP contribution < -0.4 is 16.2 Å². The quantitative estimate of drug-likeness (QED) is 0.0348. The van der Waals surface area contributed by atoms with E-state index in [9.17, 15) is 43.7 Å². The van der Waals surface area contributed by atoms with Gasteiger partial charge in [0, 0.05) is 74.1 Å². The summed E-state index contributed by atoms with van der Waals surface area (Å²) >= 11 is 0. The second-order valence-electron chi connectivity index (χ2n) is 14.4. The number of hydrogen-bond donors (Lipinski definition) is 2. The molecule has 2 aliphatic heterocycles. The maximum atomic E-state index is 12.1. The molecule has 2 aliphatic rings. The van der Waals surface area contributed by atoms with E-state index in [4.69, 9.17) is 15.3 Å². The normalized spacial score (nSPS) is 20.6. The molecule has 16 nitrogen and oxygen atoms in total. The van der Waals surface area contributed by atoms with Crippen LogP contribution in [0.1, 0.15) is 69.9 Å². The molecule has 0 saturated heterocycles. The molecule has 4 rings (SSSR count). The summed E-state index contributed by atoms with van der Waals surface area (Å²) in [5, 5.41) is 0. The Labute approximate surface area is 335 Å². The monoisotopic (exact) mass is 850 g/mol. The first-order valence-corrected chi connectivity index (χ1v) is 22.7. The van der Waals surface area contributed by atoms with Crippen molar-refractivity contribution in [1.29, 1.82) is 0 Å². The summed E-state index contributed by atoms with van der Waals surface area (Å²) in [5.74, 6) is 4.31. The van der Waals surface area contributed by atoms with Gasteiger partial charge >= 0.3 is 0 Å². The number of allylic oxidation sites excluding steroid dienone is 6. The van der Waals surface area contributed by atoms with E-state index < -0.39 is 51.8 Å². The summed E-state index contributed by atoms with van der Waals surface area (Å²) in [7, 11) is -11.0. The third-order valence-corrected chi connectivity index (χ3v) is 13.0. The molecule has 0 aliphatic carbocycles. The van der Waals surface area contributed by atoms with E-state index in [1.807, 2.05) is 17.6 Å². The van der Waals surface area contributed by atoms with Gasteiger partial charge in [-0.25, -0.2) is 31.1 Å². The third kappa shape index (κ3) is 11.0. The molecule has 0 spiro atoms. The maximum absolute atomic E-state index is 12.1. The summed E-state index contributed by atoms with van der Waals surface area (Å²) in [6.45, 7) is 5.20. The van der Waals surface area contributed by atoms with Crippen LogP contribution in [0.2, 0.25) is 0 Å². The molecule has 0 radical (unpaired) electrons. The molecule has 1 amide bonds. The molecular formula is C38H50N4O12S3-2. The largest absolute Gasteiger partial charge is 0.748 e. The number of nitrogens with zero attached hydrogens (tertiary/aromatic N) is 2. The predicted octanol–water partition coefficient (Wildman–Crippen LogP) is 3.18. The third-order valence-electron chi connectivity index (χ3n) is 10.6. The van der Waals surface area contributed by atoms with Gasteiger partial charge in [-0.05, 0) is 87.9 Å². The highest BCUT2D eigenvalue weighted by Gasteiger charge is 2.48. The molecule has 3 N–H and O–H groups in total. The van der Waals surface area contributed by atoms with Gasteiger partial charge < -0.3 is 28.0 Å². The number of nitrogens with one attached hydrogen (secondary N) is 1. The highest BCUT2D eigenvalue weighted by molar-refractivity contribution is 7.86. The molecule has 0 saturated carbocycles. The Morgan fingerprint density at radius 2 is 1.47 bits per heavy atom. The Balaban J connectivity index is 1.78. The number of hydrogen-bond acceptors (Lipinski definition) is 14. The van der Waals surface area contributed by atoms with Crippen LogP contribution in [0.4, 0.5) is 11.4 Å². The molecule has 2 atom stereocenters. The maximum Gasteiger partial charge on any atom is 0.233 e. The first kappa shape index (κ1) is 45.9. The summed E-state index contributed by atoms with van der Waals surface area (Å²) in [6, 6.07) is 8.39. The van der Waals surface area contributed by atoms with Crippen molar-refractivity contribution < 1.29 is 57.8 Å². The number of fused-ring (bicyclic) bond motifs is 2. The molecule has 0 fully saturated rings. The van der Waals surface area contributed by atoms with E-state index in [1.54, 1.807) is 44.4 Å². The van der Waals surface area contributed by atoms with Gasteiger partial charge in [0.2, 0.25) is 11.6 Å². The Hall–Kier alpha value is -3.79. The van der Waals surface area contributed by atoms with E-state index in [1.165, 1.54) is 37.4 Å². The number of carbonyl (C=O) groups excluding carboxylic acids is 1. The zero-order valence-corrected chi connectivity index (χ0v) is 34.9. The van der Waals surface area contributed by atoms with Gasteiger partial charge in [-0.15, -0.1) is 0 Å². The minimum atomic E-state index is -4.83. The van der Waals surface area contributed by atoms with Crippen molar-refractivity contribution in [2.45, 2.75) is 79.4 Å². The smallest absolute Gasteiger partial charge is 0.233 e. The standard InChI is InChI=1S/C38H52N4O12S3/c1-37(19-11-25-55(44,45)46)30-26-28(56(47,48)49)16-18-33(30)42(22-24-54-4)34(37)12-7-5-8-13-35-38(2,20-23-53-3)31-27-29(57(50,51)52)15-17-32(31)41(35)21-10-6-9-14-36(43)40-39/h5,7-8,12-13,15-18,26-27H,6,9-11,14,19-25,39H2,1-4H3,(H3-,40,43,44,45,46,47,48,49,50,51,52)/p-2. The zero-order chi connectivity index (χ0) is 42.2. The van der Waals surface area contributed by atoms with Crippen molar-refractivity contribution in [1.82, 2.24) is 5.43 Å². The number of amides is 1. The summed E-state index contributed by atoms with van der Waals surface area (Å²) in [6.07, 6.45) is 11.8. The summed E-state index contributed by atoms with van der Waals surface area (Å²) in [5.41, 5.74) is 4.29. The molecule has 2 heterocycles. The fraction of sp³-hybridized carbons (Fsp3) is 0.474.